The number of carbonyl (C=O) groups is 2. The smallest absolute Gasteiger partial charge is 0.343 e. The molecule has 0 unspecified atom stereocenters. The molecule has 2 aromatic carbocycles. The van der Waals surface area contributed by atoms with Crippen LogP contribution in [0.3, 0.4) is 0 Å². The molecule has 0 amide bonds. The van der Waals surface area contributed by atoms with Gasteiger partial charge in [0.15, 0.2) is 17.3 Å². The van der Waals surface area contributed by atoms with E-state index in [-0.39, 0.29) is 24.1 Å². The summed E-state index contributed by atoms with van der Waals surface area (Å²) in [7, 11) is 0. The molecule has 148 valence electrons. The highest BCUT2D eigenvalue weighted by Gasteiger charge is 2.30. The molecule has 5 rings (SSSR count). The number of benzene rings is 2. The van der Waals surface area contributed by atoms with Crippen LogP contribution >= 0.6 is 0 Å². The fraction of sp³-hybridized carbons (Fsp3) is 0.0870. The maximum atomic E-state index is 12.7. The predicted octanol–water partition coefficient (Wildman–Crippen LogP) is 3.95. The number of rotatable bonds is 3. The number of ether oxygens (including phenoxy) is 4. The van der Waals surface area contributed by atoms with Crippen LogP contribution in [0.15, 0.2) is 60.6 Å². The van der Waals surface area contributed by atoms with Crippen LogP contribution in [-0.4, -0.2) is 23.5 Å². The third kappa shape index (κ3) is 3.16. The average Bonchev–Trinajstić information content (AvgIpc) is 3.33. The second kappa shape index (κ2) is 7.04. The first-order valence-electron chi connectivity index (χ1n) is 9.19. The first kappa shape index (κ1) is 17.9. The quantitative estimate of drug-likeness (QED) is 0.373. The minimum atomic E-state index is -0.553. The summed E-state index contributed by atoms with van der Waals surface area (Å²) in [4.78, 5) is 29.3. The Hall–Kier alpha value is -4.13. The van der Waals surface area contributed by atoms with Crippen molar-refractivity contribution < 1.29 is 28.5 Å². The van der Waals surface area contributed by atoms with Crippen molar-refractivity contribution in [1.29, 1.82) is 0 Å². The molecular weight excluding hydrogens is 386 g/mol. The van der Waals surface area contributed by atoms with E-state index >= 15 is 0 Å². The van der Waals surface area contributed by atoms with Gasteiger partial charge in [0.25, 0.3) is 0 Å². The second-order valence-corrected chi connectivity index (χ2v) is 6.80. The monoisotopic (exact) mass is 401 g/mol. The van der Waals surface area contributed by atoms with E-state index < -0.39 is 5.97 Å². The highest BCUT2D eigenvalue weighted by atomic mass is 16.7. The van der Waals surface area contributed by atoms with E-state index in [0.29, 0.717) is 33.9 Å². The number of carbonyl (C=O) groups excluding carboxylic acids is 2. The van der Waals surface area contributed by atoms with Gasteiger partial charge in [0.2, 0.25) is 12.6 Å². The third-order valence-corrected chi connectivity index (χ3v) is 4.74. The fourth-order valence-electron chi connectivity index (χ4n) is 3.34. The molecule has 7 heteroatoms. The van der Waals surface area contributed by atoms with Gasteiger partial charge in [-0.25, -0.2) is 4.79 Å². The molecule has 1 aromatic heterocycles. The van der Waals surface area contributed by atoms with Crippen molar-refractivity contribution in [3.63, 3.8) is 0 Å². The standard InChI is InChI=1S/C23H15NO6/c1-13-7-16(29-23(26)15-4-5-17-18(9-15)28-12-27-17)10-19-21(13)22(25)20(30-19)8-14-3-2-6-24-11-14/h2-11H,12H2,1H3/b20-8+. The molecule has 2 aliphatic heterocycles. The van der Waals surface area contributed by atoms with Gasteiger partial charge in [-0.2, -0.15) is 0 Å². The Kier molecular flexibility index (Phi) is 4.21. The van der Waals surface area contributed by atoms with E-state index in [1.807, 2.05) is 6.07 Å². The summed E-state index contributed by atoms with van der Waals surface area (Å²) < 4.78 is 21.8. The summed E-state index contributed by atoms with van der Waals surface area (Å²) in [5.74, 6) is 1.13. The van der Waals surface area contributed by atoms with Crippen molar-refractivity contribution in [2.24, 2.45) is 0 Å². The number of nitrogens with zero attached hydrogens (tertiary/aromatic N) is 1. The van der Waals surface area contributed by atoms with Gasteiger partial charge in [0.05, 0.1) is 11.1 Å². The topological polar surface area (TPSA) is 84.0 Å². The molecule has 3 aromatic rings. The van der Waals surface area contributed by atoms with Crippen LogP contribution in [-0.2, 0) is 0 Å². The van der Waals surface area contributed by atoms with E-state index in [0.717, 1.165) is 5.56 Å². The molecule has 0 saturated heterocycles. The molecule has 2 aliphatic rings. The van der Waals surface area contributed by atoms with Gasteiger partial charge < -0.3 is 18.9 Å². The van der Waals surface area contributed by atoms with Crippen LogP contribution in [0.2, 0.25) is 0 Å². The van der Waals surface area contributed by atoms with Crippen LogP contribution in [0.4, 0.5) is 0 Å². The Morgan fingerprint density at radius 2 is 1.97 bits per heavy atom. The molecule has 0 spiro atoms. The Morgan fingerprint density at radius 3 is 2.80 bits per heavy atom. The number of hydrogen-bond acceptors (Lipinski definition) is 7. The average molecular weight is 401 g/mol. The highest BCUT2D eigenvalue weighted by Crippen LogP contribution is 2.38. The zero-order chi connectivity index (χ0) is 20.7. The van der Waals surface area contributed by atoms with E-state index in [1.54, 1.807) is 55.7 Å². The molecule has 0 N–H and O–H groups in total. The highest BCUT2D eigenvalue weighted by molar-refractivity contribution is 6.15. The molecule has 7 nitrogen and oxygen atoms in total. The minimum Gasteiger partial charge on any atom is -0.454 e. The Morgan fingerprint density at radius 1 is 1.10 bits per heavy atom. The number of fused-ring (bicyclic) bond motifs is 2. The normalized spacial score (nSPS) is 15.1. The summed E-state index contributed by atoms with van der Waals surface area (Å²) in [5.41, 5.74) is 2.18. The van der Waals surface area contributed by atoms with Crippen molar-refractivity contribution in [3.8, 4) is 23.0 Å². The van der Waals surface area contributed by atoms with Gasteiger partial charge in [-0.15, -0.1) is 0 Å². The molecule has 0 saturated carbocycles. The maximum absolute atomic E-state index is 12.7. The SMILES string of the molecule is Cc1cc(OC(=O)c2ccc3c(c2)OCO3)cc2c1C(=O)/C(=C\c1cccnc1)O2. The van der Waals surface area contributed by atoms with Crippen molar-refractivity contribution in [2.75, 3.05) is 6.79 Å². The lowest BCUT2D eigenvalue weighted by Crippen LogP contribution is -2.08. The lowest BCUT2D eigenvalue weighted by Gasteiger charge is -2.08. The van der Waals surface area contributed by atoms with Gasteiger partial charge in [-0.1, -0.05) is 6.07 Å². The minimum absolute atomic E-state index is 0.123. The van der Waals surface area contributed by atoms with Crippen molar-refractivity contribution in [2.45, 2.75) is 6.92 Å². The van der Waals surface area contributed by atoms with Crippen LogP contribution in [0.5, 0.6) is 23.0 Å². The Labute approximate surface area is 171 Å². The molecular formula is C23H15NO6. The largest absolute Gasteiger partial charge is 0.454 e. The first-order valence-corrected chi connectivity index (χ1v) is 9.19. The van der Waals surface area contributed by atoms with Gasteiger partial charge in [0.1, 0.15) is 11.5 Å². The van der Waals surface area contributed by atoms with Gasteiger partial charge in [-0.05, 0) is 54.5 Å². The number of ketones is 1. The zero-order valence-electron chi connectivity index (χ0n) is 15.9. The van der Waals surface area contributed by atoms with E-state index in [1.165, 1.54) is 6.07 Å². The van der Waals surface area contributed by atoms with Crippen LogP contribution in [0.25, 0.3) is 6.08 Å². The number of pyridine rings is 1. The molecule has 0 radical (unpaired) electrons. The molecule has 0 bridgehead atoms. The van der Waals surface area contributed by atoms with Crippen LogP contribution < -0.4 is 18.9 Å². The lowest BCUT2D eigenvalue weighted by molar-refractivity contribution is 0.0734. The molecule has 0 fully saturated rings. The first-order chi connectivity index (χ1) is 14.6. The second-order valence-electron chi connectivity index (χ2n) is 6.80. The van der Waals surface area contributed by atoms with Crippen molar-refractivity contribution >= 4 is 17.8 Å². The Balaban J connectivity index is 1.40. The molecule has 0 aliphatic carbocycles. The van der Waals surface area contributed by atoms with E-state index in [2.05, 4.69) is 4.98 Å². The summed E-state index contributed by atoms with van der Waals surface area (Å²) in [6.45, 7) is 1.89. The van der Waals surface area contributed by atoms with Crippen LogP contribution in [0, 0.1) is 6.92 Å². The Bertz CT molecular complexity index is 1220. The van der Waals surface area contributed by atoms with Gasteiger partial charge in [-0.3, -0.25) is 9.78 Å². The fourth-order valence-corrected chi connectivity index (χ4v) is 3.34. The van der Waals surface area contributed by atoms with Crippen molar-refractivity contribution in [3.05, 3.63) is 82.9 Å². The van der Waals surface area contributed by atoms with Gasteiger partial charge >= 0.3 is 5.97 Å². The lowest BCUT2D eigenvalue weighted by atomic mass is 10.0. The summed E-state index contributed by atoms with van der Waals surface area (Å²) >= 11 is 0. The number of aryl methyl sites for hydroxylation is 1. The molecule has 30 heavy (non-hydrogen) atoms. The molecule has 0 atom stereocenters. The third-order valence-electron chi connectivity index (χ3n) is 4.74. The van der Waals surface area contributed by atoms with E-state index in [4.69, 9.17) is 18.9 Å². The van der Waals surface area contributed by atoms with E-state index in [9.17, 15) is 9.59 Å². The van der Waals surface area contributed by atoms with Crippen molar-refractivity contribution in [1.82, 2.24) is 4.98 Å². The maximum Gasteiger partial charge on any atom is 0.343 e. The summed E-state index contributed by atoms with van der Waals surface area (Å²) in [6, 6.07) is 11.6. The van der Waals surface area contributed by atoms with Gasteiger partial charge in [0, 0.05) is 18.5 Å². The summed E-state index contributed by atoms with van der Waals surface area (Å²) in [6.07, 6.45) is 4.92. The number of esters is 1. The molecule has 3 heterocycles. The van der Waals surface area contributed by atoms with Crippen LogP contribution in [0.1, 0.15) is 31.8 Å². The number of Topliss-reactive ketones (excluding diaryl/α,β-unsaturated/α-hetero) is 1. The number of aromatic nitrogens is 1. The number of allylic oxidation sites excluding steroid dienone is 1. The summed E-state index contributed by atoms with van der Waals surface area (Å²) in [5, 5.41) is 0. The predicted molar refractivity (Wildman–Crippen MR) is 106 cm³/mol. The number of hydrogen-bond donors (Lipinski definition) is 0. The zero-order valence-corrected chi connectivity index (χ0v) is 15.9.